The Hall–Kier alpha value is -0.0800. The monoisotopic (exact) mass is 160 g/mol. The largest absolute Gasteiger partial charge is 0.396 e. The van der Waals surface area contributed by atoms with Gasteiger partial charge in [0.2, 0.25) is 0 Å². The summed E-state index contributed by atoms with van der Waals surface area (Å²) in [4.78, 5) is 0. The first-order valence-corrected chi connectivity index (χ1v) is 4.39. The van der Waals surface area contributed by atoms with Gasteiger partial charge in [-0.1, -0.05) is 13.8 Å². The van der Waals surface area contributed by atoms with Gasteiger partial charge in [-0.25, -0.2) is 0 Å². The average molecular weight is 160 g/mol. The number of aliphatic hydroxyl groups is 1. The van der Waals surface area contributed by atoms with E-state index in [1.165, 1.54) is 0 Å². The molecule has 1 N–H and O–H groups in total. The zero-order valence-electron chi connectivity index (χ0n) is 7.84. The van der Waals surface area contributed by atoms with Crippen molar-refractivity contribution < 1.29 is 9.84 Å². The quantitative estimate of drug-likeness (QED) is 0.642. The second-order valence-electron chi connectivity index (χ2n) is 3.40. The molecule has 0 heterocycles. The summed E-state index contributed by atoms with van der Waals surface area (Å²) in [6.45, 7) is 7.43. The summed E-state index contributed by atoms with van der Waals surface area (Å²) in [5.74, 6) is 0.603. The topological polar surface area (TPSA) is 29.5 Å². The molecule has 0 rings (SSSR count). The first-order valence-electron chi connectivity index (χ1n) is 4.39. The zero-order valence-corrected chi connectivity index (χ0v) is 7.84. The summed E-state index contributed by atoms with van der Waals surface area (Å²) in [5.41, 5.74) is 0. The summed E-state index contributed by atoms with van der Waals surface area (Å²) >= 11 is 0. The lowest BCUT2D eigenvalue weighted by molar-refractivity contribution is 0.0384. The predicted molar refractivity (Wildman–Crippen MR) is 46.6 cm³/mol. The predicted octanol–water partition coefficient (Wildman–Crippen LogP) is 1.82. The highest BCUT2D eigenvalue weighted by Gasteiger charge is 2.02. The first kappa shape index (κ1) is 10.9. The highest BCUT2D eigenvalue weighted by molar-refractivity contribution is 4.51. The summed E-state index contributed by atoms with van der Waals surface area (Å²) in [7, 11) is 0. The molecule has 11 heavy (non-hydrogen) atoms. The normalized spacial score (nSPS) is 13.9. The maximum atomic E-state index is 8.54. The summed E-state index contributed by atoms with van der Waals surface area (Å²) in [6.07, 6.45) is 2.10. The molecule has 0 saturated heterocycles. The van der Waals surface area contributed by atoms with Crippen molar-refractivity contribution in [1.82, 2.24) is 0 Å². The maximum Gasteiger partial charge on any atom is 0.0548 e. The smallest absolute Gasteiger partial charge is 0.0548 e. The Morgan fingerprint density at radius 3 is 2.36 bits per heavy atom. The van der Waals surface area contributed by atoms with Crippen molar-refractivity contribution >= 4 is 0 Å². The molecule has 0 aromatic heterocycles. The van der Waals surface area contributed by atoms with Crippen LogP contribution in [-0.4, -0.2) is 24.4 Å². The molecule has 1 atom stereocenters. The Labute approximate surface area is 69.6 Å². The Kier molecular flexibility index (Phi) is 6.57. The van der Waals surface area contributed by atoms with Crippen LogP contribution in [0.2, 0.25) is 0 Å². The molecule has 0 fully saturated rings. The second-order valence-corrected chi connectivity index (χ2v) is 3.40. The van der Waals surface area contributed by atoms with Crippen LogP contribution < -0.4 is 0 Å². The minimum absolute atomic E-state index is 0.273. The Bertz CT molecular complexity index is 81.6. The van der Waals surface area contributed by atoms with E-state index >= 15 is 0 Å². The molecule has 0 aromatic carbocycles. The fraction of sp³-hybridized carbons (Fsp3) is 1.00. The molecule has 0 spiro atoms. The van der Waals surface area contributed by atoms with Gasteiger partial charge in [-0.3, -0.25) is 0 Å². The second kappa shape index (κ2) is 6.62. The van der Waals surface area contributed by atoms with Crippen molar-refractivity contribution in [3.05, 3.63) is 0 Å². The van der Waals surface area contributed by atoms with E-state index in [0.29, 0.717) is 12.0 Å². The molecule has 0 aromatic rings. The summed E-state index contributed by atoms with van der Waals surface area (Å²) in [6, 6.07) is 0. The molecular formula is C9H20O2. The molecule has 0 aliphatic rings. The highest BCUT2D eigenvalue weighted by Crippen LogP contribution is 2.03. The van der Waals surface area contributed by atoms with Gasteiger partial charge in [-0.15, -0.1) is 0 Å². The molecule has 0 saturated carbocycles. The lowest BCUT2D eigenvalue weighted by Gasteiger charge is -2.13. The van der Waals surface area contributed by atoms with Crippen LogP contribution in [0.4, 0.5) is 0 Å². The molecular weight excluding hydrogens is 140 g/mol. The van der Waals surface area contributed by atoms with Crippen LogP contribution in [0.15, 0.2) is 0 Å². The number of hydrogen-bond donors (Lipinski definition) is 1. The van der Waals surface area contributed by atoms with Crippen LogP contribution in [0.5, 0.6) is 0 Å². The minimum Gasteiger partial charge on any atom is -0.396 e. The van der Waals surface area contributed by atoms with Gasteiger partial charge in [0.25, 0.3) is 0 Å². The molecule has 68 valence electrons. The van der Waals surface area contributed by atoms with E-state index in [1.54, 1.807) is 0 Å². The third kappa shape index (κ3) is 7.82. The van der Waals surface area contributed by atoms with Gasteiger partial charge in [0.05, 0.1) is 6.10 Å². The van der Waals surface area contributed by atoms with Crippen LogP contribution in [-0.2, 0) is 4.74 Å². The van der Waals surface area contributed by atoms with Crippen molar-refractivity contribution in [3.63, 3.8) is 0 Å². The van der Waals surface area contributed by atoms with Crippen molar-refractivity contribution in [3.8, 4) is 0 Å². The van der Waals surface area contributed by atoms with E-state index in [-0.39, 0.29) is 6.61 Å². The van der Waals surface area contributed by atoms with Crippen LogP contribution >= 0.6 is 0 Å². The molecule has 0 radical (unpaired) electrons. The van der Waals surface area contributed by atoms with Crippen LogP contribution in [0, 0.1) is 5.92 Å². The van der Waals surface area contributed by atoms with Gasteiger partial charge in [0, 0.05) is 13.2 Å². The molecule has 0 aliphatic carbocycles. The van der Waals surface area contributed by atoms with E-state index < -0.39 is 0 Å². The van der Waals surface area contributed by atoms with Crippen LogP contribution in [0.25, 0.3) is 0 Å². The molecule has 2 heteroatoms. The summed E-state index contributed by atoms with van der Waals surface area (Å²) in [5, 5.41) is 8.54. The maximum absolute atomic E-state index is 8.54. The van der Waals surface area contributed by atoms with Gasteiger partial charge in [0.1, 0.15) is 0 Å². The van der Waals surface area contributed by atoms with E-state index in [1.807, 2.05) is 0 Å². The van der Waals surface area contributed by atoms with Gasteiger partial charge in [-0.2, -0.15) is 0 Å². The molecule has 0 bridgehead atoms. The molecule has 0 aliphatic heterocycles. The fourth-order valence-corrected chi connectivity index (χ4v) is 0.819. The number of ether oxygens (including phenoxy) is 1. The van der Waals surface area contributed by atoms with E-state index in [0.717, 1.165) is 19.4 Å². The van der Waals surface area contributed by atoms with Crippen molar-refractivity contribution in [2.24, 2.45) is 5.92 Å². The van der Waals surface area contributed by atoms with E-state index in [2.05, 4.69) is 20.8 Å². The number of rotatable bonds is 6. The molecule has 0 amide bonds. The number of hydrogen-bond acceptors (Lipinski definition) is 2. The molecule has 2 nitrogen and oxygen atoms in total. The van der Waals surface area contributed by atoms with Gasteiger partial charge < -0.3 is 9.84 Å². The zero-order chi connectivity index (χ0) is 8.69. The third-order valence-electron chi connectivity index (χ3n) is 1.48. The van der Waals surface area contributed by atoms with Crippen molar-refractivity contribution in [2.75, 3.05) is 13.2 Å². The van der Waals surface area contributed by atoms with Gasteiger partial charge in [0.15, 0.2) is 0 Å². The lowest BCUT2D eigenvalue weighted by Crippen LogP contribution is -2.12. The highest BCUT2D eigenvalue weighted by atomic mass is 16.5. The third-order valence-corrected chi connectivity index (χ3v) is 1.48. The fourth-order valence-electron chi connectivity index (χ4n) is 0.819. The molecule has 1 unspecified atom stereocenters. The van der Waals surface area contributed by atoms with Gasteiger partial charge >= 0.3 is 0 Å². The van der Waals surface area contributed by atoms with Crippen molar-refractivity contribution in [1.29, 1.82) is 0 Å². The average Bonchev–Trinajstić information content (AvgIpc) is 1.97. The Balaban J connectivity index is 3.15. The number of aliphatic hydroxyl groups excluding tert-OH is 1. The Morgan fingerprint density at radius 1 is 1.27 bits per heavy atom. The van der Waals surface area contributed by atoms with Gasteiger partial charge in [-0.05, 0) is 25.7 Å². The van der Waals surface area contributed by atoms with Crippen LogP contribution in [0.1, 0.15) is 33.6 Å². The standard InChI is InChI=1S/C9H20O2/c1-8(2)7-11-9(3)5-4-6-10/h8-10H,4-7H2,1-3H3. The van der Waals surface area contributed by atoms with Crippen LogP contribution in [0.3, 0.4) is 0 Å². The van der Waals surface area contributed by atoms with E-state index in [9.17, 15) is 0 Å². The van der Waals surface area contributed by atoms with Crippen molar-refractivity contribution in [2.45, 2.75) is 39.7 Å². The SMILES string of the molecule is CC(C)COC(C)CCCO. The Morgan fingerprint density at radius 2 is 1.91 bits per heavy atom. The first-order chi connectivity index (χ1) is 5.16. The lowest BCUT2D eigenvalue weighted by atomic mass is 10.2. The minimum atomic E-state index is 0.273. The van der Waals surface area contributed by atoms with E-state index in [4.69, 9.17) is 9.84 Å². The summed E-state index contributed by atoms with van der Waals surface area (Å²) < 4.78 is 5.49.